The first-order valence-electron chi connectivity index (χ1n) is 5.88. The van der Waals surface area contributed by atoms with Crippen molar-refractivity contribution in [1.29, 1.82) is 0 Å². The Morgan fingerprint density at radius 2 is 1.79 bits per heavy atom. The van der Waals surface area contributed by atoms with Gasteiger partial charge in [0.25, 0.3) is 0 Å². The fourth-order valence-corrected chi connectivity index (χ4v) is 1.81. The molecule has 1 aromatic heterocycles. The molecule has 0 aliphatic heterocycles. The summed E-state index contributed by atoms with van der Waals surface area (Å²) in [5.41, 5.74) is 2.26. The molecule has 1 heterocycles. The first-order chi connectivity index (χ1) is 9.33. The lowest BCUT2D eigenvalue weighted by atomic mass is 10.2. The first kappa shape index (κ1) is 11.4. The van der Waals surface area contributed by atoms with Crippen LogP contribution in [0.5, 0.6) is 0 Å². The van der Waals surface area contributed by atoms with E-state index >= 15 is 0 Å². The molecule has 0 saturated carbocycles. The number of fused-ring (bicyclic) bond motifs is 1. The van der Waals surface area contributed by atoms with Gasteiger partial charge in [0.2, 0.25) is 0 Å². The van der Waals surface area contributed by atoms with Crippen LogP contribution < -0.4 is 4.84 Å². The van der Waals surface area contributed by atoms with E-state index in [1.54, 1.807) is 6.07 Å². The molecule has 94 valence electrons. The highest BCUT2D eigenvalue weighted by Gasteiger charge is 2.10. The normalized spacial score (nSPS) is 10.5. The number of aromatic nitrogens is 3. The molecule has 3 aromatic rings. The summed E-state index contributed by atoms with van der Waals surface area (Å²) >= 11 is 0. The van der Waals surface area contributed by atoms with E-state index in [-0.39, 0.29) is 12.4 Å². The summed E-state index contributed by atoms with van der Waals surface area (Å²) in [5, 5.41) is 7.72. The number of carbonyl (C=O) groups is 1. The Bertz CT molecular complexity index is 707. The van der Waals surface area contributed by atoms with Crippen molar-refractivity contribution in [3.8, 4) is 0 Å². The number of para-hydroxylation sites is 1. The van der Waals surface area contributed by atoms with Crippen LogP contribution in [0.2, 0.25) is 0 Å². The lowest BCUT2D eigenvalue weighted by Crippen LogP contribution is -2.22. The molecule has 0 spiro atoms. The molecule has 0 radical (unpaired) electrons. The second kappa shape index (κ2) is 4.89. The van der Waals surface area contributed by atoms with Crippen molar-refractivity contribution in [1.82, 2.24) is 15.2 Å². The van der Waals surface area contributed by atoms with Gasteiger partial charge in [-0.25, -0.2) is 4.79 Å². The second-order valence-electron chi connectivity index (χ2n) is 4.08. The minimum atomic E-state index is -0.373. The molecule has 2 aromatic carbocycles. The number of rotatable bonds is 3. The molecule has 3 rings (SSSR count). The van der Waals surface area contributed by atoms with Gasteiger partial charge in [-0.3, -0.25) is 0 Å². The van der Waals surface area contributed by atoms with Gasteiger partial charge in [-0.15, -0.1) is 5.10 Å². The Kier molecular flexibility index (Phi) is 2.94. The number of benzene rings is 2. The second-order valence-corrected chi connectivity index (χ2v) is 4.08. The smallest absolute Gasteiger partial charge is 0.317 e. The monoisotopic (exact) mass is 253 g/mol. The highest BCUT2D eigenvalue weighted by molar-refractivity contribution is 5.76. The zero-order valence-corrected chi connectivity index (χ0v) is 10.1. The topological polar surface area (TPSA) is 57.0 Å². The zero-order valence-electron chi connectivity index (χ0n) is 10.1. The maximum absolute atomic E-state index is 11.8. The number of hydrogen-bond donors (Lipinski definition) is 0. The quantitative estimate of drug-likeness (QED) is 0.666. The van der Waals surface area contributed by atoms with E-state index in [0.717, 1.165) is 10.4 Å². The molecule has 0 fully saturated rings. The summed E-state index contributed by atoms with van der Waals surface area (Å²) in [4.78, 5) is 18.1. The summed E-state index contributed by atoms with van der Waals surface area (Å²) < 4.78 is 0. The fourth-order valence-electron chi connectivity index (χ4n) is 1.81. The Labute approximate surface area is 109 Å². The van der Waals surface area contributed by atoms with Gasteiger partial charge in [0, 0.05) is 0 Å². The van der Waals surface area contributed by atoms with E-state index in [2.05, 4.69) is 10.3 Å². The highest BCUT2D eigenvalue weighted by atomic mass is 16.7. The van der Waals surface area contributed by atoms with Crippen molar-refractivity contribution in [2.24, 2.45) is 0 Å². The van der Waals surface area contributed by atoms with Crippen LogP contribution in [0.3, 0.4) is 0 Å². The van der Waals surface area contributed by atoms with Crippen LogP contribution in [0.25, 0.3) is 11.0 Å². The van der Waals surface area contributed by atoms with E-state index in [9.17, 15) is 4.79 Å². The number of carbonyl (C=O) groups excluding carboxylic acids is 1. The van der Waals surface area contributed by atoms with Gasteiger partial charge in [0.05, 0.1) is 6.42 Å². The average Bonchev–Trinajstić information content (AvgIpc) is 2.83. The fraction of sp³-hybridized carbons (Fsp3) is 0.0714. The van der Waals surface area contributed by atoms with E-state index in [1.165, 1.54) is 0 Å². The van der Waals surface area contributed by atoms with Gasteiger partial charge >= 0.3 is 5.97 Å². The molecule has 0 unspecified atom stereocenters. The van der Waals surface area contributed by atoms with Crippen LogP contribution in [0.4, 0.5) is 0 Å². The predicted molar refractivity (Wildman–Crippen MR) is 69.3 cm³/mol. The average molecular weight is 253 g/mol. The molecule has 0 aliphatic carbocycles. The Morgan fingerprint density at radius 1 is 1.05 bits per heavy atom. The molecule has 0 aliphatic rings. The Hall–Kier alpha value is -2.69. The standard InChI is InChI=1S/C14H11N3O2/c18-14(10-11-6-2-1-3-7-11)19-17-13-9-5-4-8-12(13)15-16-17/h1-9H,10H2. The first-order valence-corrected chi connectivity index (χ1v) is 5.88. The molecule has 0 saturated heterocycles. The lowest BCUT2D eigenvalue weighted by Gasteiger charge is -2.03. The third-order valence-corrected chi connectivity index (χ3v) is 2.70. The summed E-state index contributed by atoms with van der Waals surface area (Å²) in [6.45, 7) is 0. The third kappa shape index (κ3) is 2.44. The summed E-state index contributed by atoms with van der Waals surface area (Å²) in [6, 6.07) is 16.7. The van der Waals surface area contributed by atoms with Crippen molar-refractivity contribution in [3.63, 3.8) is 0 Å². The third-order valence-electron chi connectivity index (χ3n) is 2.70. The zero-order chi connectivity index (χ0) is 13.1. The van der Waals surface area contributed by atoms with Gasteiger partial charge < -0.3 is 4.84 Å². The predicted octanol–water partition coefficient (Wildman–Crippen LogP) is 1.63. The van der Waals surface area contributed by atoms with Crippen LogP contribution in [0.15, 0.2) is 54.6 Å². The summed E-state index contributed by atoms with van der Waals surface area (Å²) in [5.74, 6) is -0.373. The minimum Gasteiger partial charge on any atom is -0.317 e. The van der Waals surface area contributed by atoms with Gasteiger partial charge in [0.1, 0.15) is 11.0 Å². The Morgan fingerprint density at radius 3 is 2.63 bits per heavy atom. The molecule has 0 N–H and O–H groups in total. The van der Waals surface area contributed by atoms with E-state index in [4.69, 9.17) is 4.84 Å². The van der Waals surface area contributed by atoms with Crippen LogP contribution in [0.1, 0.15) is 5.56 Å². The van der Waals surface area contributed by atoms with Gasteiger partial charge in [0.15, 0.2) is 0 Å². The van der Waals surface area contributed by atoms with Crippen LogP contribution in [-0.2, 0) is 11.2 Å². The largest absolute Gasteiger partial charge is 0.339 e. The highest BCUT2D eigenvalue weighted by Crippen LogP contribution is 2.08. The van der Waals surface area contributed by atoms with Crippen molar-refractivity contribution < 1.29 is 9.63 Å². The molecule has 0 atom stereocenters. The van der Waals surface area contributed by atoms with Crippen LogP contribution in [0, 0.1) is 0 Å². The SMILES string of the molecule is O=C(Cc1ccccc1)On1nnc2ccccc21. The summed E-state index contributed by atoms with van der Waals surface area (Å²) in [7, 11) is 0. The Balaban J connectivity index is 1.76. The summed E-state index contributed by atoms with van der Waals surface area (Å²) in [6.07, 6.45) is 0.203. The van der Waals surface area contributed by atoms with Crippen LogP contribution in [-0.4, -0.2) is 21.1 Å². The molecule has 0 bridgehead atoms. The van der Waals surface area contributed by atoms with Crippen molar-refractivity contribution >= 4 is 17.0 Å². The molecule has 19 heavy (non-hydrogen) atoms. The number of hydrogen-bond acceptors (Lipinski definition) is 4. The van der Waals surface area contributed by atoms with Crippen molar-refractivity contribution in [3.05, 3.63) is 60.2 Å². The van der Waals surface area contributed by atoms with Gasteiger partial charge in [-0.1, -0.05) is 47.3 Å². The van der Waals surface area contributed by atoms with Crippen molar-refractivity contribution in [2.45, 2.75) is 6.42 Å². The van der Waals surface area contributed by atoms with E-state index in [0.29, 0.717) is 11.0 Å². The van der Waals surface area contributed by atoms with E-state index < -0.39 is 0 Å². The minimum absolute atomic E-state index is 0.203. The van der Waals surface area contributed by atoms with Crippen LogP contribution >= 0.6 is 0 Å². The van der Waals surface area contributed by atoms with E-state index in [1.807, 2.05) is 48.5 Å². The maximum Gasteiger partial charge on any atom is 0.339 e. The molecular formula is C14H11N3O2. The van der Waals surface area contributed by atoms with Gasteiger partial charge in [-0.2, -0.15) is 0 Å². The number of nitrogens with zero attached hydrogens (tertiary/aromatic N) is 3. The molecule has 0 amide bonds. The molecular weight excluding hydrogens is 242 g/mol. The molecule has 5 heteroatoms. The van der Waals surface area contributed by atoms with Gasteiger partial charge in [-0.05, 0) is 22.9 Å². The van der Waals surface area contributed by atoms with Crippen molar-refractivity contribution in [2.75, 3.05) is 0 Å². The maximum atomic E-state index is 11.8. The molecule has 5 nitrogen and oxygen atoms in total. The lowest BCUT2D eigenvalue weighted by molar-refractivity contribution is -0.144.